The van der Waals surface area contributed by atoms with Crippen molar-refractivity contribution >= 4 is 34.0 Å². The Hall–Kier alpha value is -3.09. The van der Waals surface area contributed by atoms with Gasteiger partial charge in [-0.1, -0.05) is 30.0 Å². The number of nitrogens with one attached hydrogen (secondary N) is 1. The zero-order valence-electron chi connectivity index (χ0n) is 17.8. The number of thioether (sulfide) groups is 1. The fraction of sp³-hybridized carbons (Fsp3) is 0.304. The van der Waals surface area contributed by atoms with Crippen LogP contribution in [0.5, 0.6) is 5.75 Å². The van der Waals surface area contributed by atoms with Crippen LogP contribution in [0, 0.1) is 11.3 Å². The van der Waals surface area contributed by atoms with Gasteiger partial charge in [0.15, 0.2) is 11.0 Å². The summed E-state index contributed by atoms with van der Waals surface area (Å²) in [6, 6.07) is 9.89. The molecule has 0 atom stereocenters. The number of anilines is 1. The monoisotopic (exact) mass is 465 g/mol. The van der Waals surface area contributed by atoms with Crippen molar-refractivity contribution in [1.29, 1.82) is 5.26 Å². The molecule has 1 aliphatic rings. The Morgan fingerprint density at radius 3 is 2.97 bits per heavy atom. The molecule has 7 nitrogen and oxygen atoms in total. The first-order valence-electron chi connectivity index (χ1n) is 10.3. The number of carbonyl (C=O) groups is 1. The molecule has 4 rings (SSSR count). The predicted octanol–water partition coefficient (Wildman–Crippen LogP) is 4.68. The van der Waals surface area contributed by atoms with E-state index in [4.69, 9.17) is 4.74 Å². The third-order valence-electron chi connectivity index (χ3n) is 5.24. The molecular formula is C23H23N5O2S2. The standard InChI is InChI=1S/C23H23N5O2S2/c1-3-12-28-21(16-9-4-6-10-18(16)30-2)26-27-23(28)31-14-20(29)25-22-17(13-24)15-8-5-7-11-19(15)32-22/h3-4,6,9-10H,1,5,7-8,11-12,14H2,2H3,(H,25,29). The second-order valence-corrected chi connectivity index (χ2v) is 9.32. The third-order valence-corrected chi connectivity index (χ3v) is 7.42. The maximum atomic E-state index is 12.7. The van der Waals surface area contributed by atoms with Crippen LogP contribution in [0.15, 0.2) is 42.1 Å². The lowest BCUT2D eigenvalue weighted by Gasteiger charge is -2.10. The molecule has 0 fully saturated rings. The second kappa shape index (κ2) is 10.0. The van der Waals surface area contributed by atoms with Crippen LogP contribution in [0.1, 0.15) is 28.8 Å². The molecule has 0 spiro atoms. The van der Waals surface area contributed by atoms with Crippen molar-refractivity contribution in [2.24, 2.45) is 0 Å². The van der Waals surface area contributed by atoms with Gasteiger partial charge in [-0.15, -0.1) is 28.1 Å². The molecule has 0 radical (unpaired) electrons. The van der Waals surface area contributed by atoms with Gasteiger partial charge in [0.25, 0.3) is 0 Å². The summed E-state index contributed by atoms with van der Waals surface area (Å²) in [7, 11) is 1.62. The van der Waals surface area contributed by atoms with E-state index in [0.717, 1.165) is 36.8 Å². The molecule has 32 heavy (non-hydrogen) atoms. The summed E-state index contributed by atoms with van der Waals surface area (Å²) >= 11 is 2.83. The highest BCUT2D eigenvalue weighted by atomic mass is 32.2. The van der Waals surface area contributed by atoms with E-state index < -0.39 is 0 Å². The van der Waals surface area contributed by atoms with Gasteiger partial charge >= 0.3 is 0 Å². The Morgan fingerprint density at radius 1 is 1.38 bits per heavy atom. The summed E-state index contributed by atoms with van der Waals surface area (Å²) in [5.41, 5.74) is 2.55. The Bertz CT molecular complexity index is 1190. The molecule has 0 unspecified atom stereocenters. The van der Waals surface area contributed by atoms with Crippen molar-refractivity contribution in [3.05, 3.63) is 52.9 Å². The predicted molar refractivity (Wildman–Crippen MR) is 127 cm³/mol. The van der Waals surface area contributed by atoms with Gasteiger partial charge in [0.05, 0.1) is 24.0 Å². The molecule has 0 bridgehead atoms. The highest BCUT2D eigenvalue weighted by molar-refractivity contribution is 7.99. The van der Waals surface area contributed by atoms with Crippen molar-refractivity contribution in [2.45, 2.75) is 37.4 Å². The van der Waals surface area contributed by atoms with Gasteiger partial charge in [0.2, 0.25) is 5.91 Å². The van der Waals surface area contributed by atoms with Gasteiger partial charge < -0.3 is 10.1 Å². The van der Waals surface area contributed by atoms with Crippen molar-refractivity contribution in [3.8, 4) is 23.2 Å². The summed E-state index contributed by atoms with van der Waals surface area (Å²) in [6.07, 6.45) is 5.89. The quantitative estimate of drug-likeness (QED) is 0.383. The summed E-state index contributed by atoms with van der Waals surface area (Å²) in [6.45, 7) is 4.33. The number of benzene rings is 1. The first kappa shape index (κ1) is 22.1. The molecule has 2 heterocycles. The van der Waals surface area contributed by atoms with Gasteiger partial charge in [-0.2, -0.15) is 5.26 Å². The number of hydrogen-bond acceptors (Lipinski definition) is 7. The van der Waals surface area contributed by atoms with Crippen LogP contribution < -0.4 is 10.1 Å². The molecule has 0 aliphatic heterocycles. The number of methoxy groups -OCH3 is 1. The van der Waals surface area contributed by atoms with Crippen LogP contribution in [0.2, 0.25) is 0 Å². The van der Waals surface area contributed by atoms with E-state index in [9.17, 15) is 10.1 Å². The smallest absolute Gasteiger partial charge is 0.235 e. The number of para-hydroxylation sites is 1. The zero-order chi connectivity index (χ0) is 22.5. The fourth-order valence-corrected chi connectivity index (χ4v) is 5.79. The van der Waals surface area contributed by atoms with Crippen LogP contribution in [-0.4, -0.2) is 33.5 Å². The van der Waals surface area contributed by atoms with Crippen LogP contribution in [0.25, 0.3) is 11.4 Å². The minimum Gasteiger partial charge on any atom is -0.496 e. The third kappa shape index (κ3) is 4.42. The Kier molecular flexibility index (Phi) is 6.93. The number of nitrogens with zero attached hydrogens (tertiary/aromatic N) is 4. The molecule has 1 aliphatic carbocycles. The number of fused-ring (bicyclic) bond motifs is 1. The van der Waals surface area contributed by atoms with Crippen LogP contribution in [0.3, 0.4) is 0 Å². The topological polar surface area (TPSA) is 92.8 Å². The molecule has 1 aromatic carbocycles. The molecule has 1 amide bonds. The number of allylic oxidation sites excluding steroid dienone is 1. The van der Waals surface area contributed by atoms with Crippen molar-refractivity contribution in [2.75, 3.05) is 18.2 Å². The van der Waals surface area contributed by atoms with Gasteiger partial charge in [-0.05, 0) is 43.4 Å². The summed E-state index contributed by atoms with van der Waals surface area (Å²) < 4.78 is 7.37. The minimum atomic E-state index is -0.169. The lowest BCUT2D eigenvalue weighted by Crippen LogP contribution is -2.14. The van der Waals surface area contributed by atoms with E-state index >= 15 is 0 Å². The number of amides is 1. The maximum Gasteiger partial charge on any atom is 0.235 e. The molecule has 1 N–H and O–H groups in total. The van der Waals surface area contributed by atoms with E-state index in [-0.39, 0.29) is 11.7 Å². The van der Waals surface area contributed by atoms with Crippen molar-refractivity contribution in [1.82, 2.24) is 14.8 Å². The Balaban J connectivity index is 1.50. The van der Waals surface area contributed by atoms with Crippen LogP contribution in [-0.2, 0) is 24.2 Å². The van der Waals surface area contributed by atoms with Crippen LogP contribution in [0.4, 0.5) is 5.00 Å². The first-order chi connectivity index (χ1) is 15.7. The summed E-state index contributed by atoms with van der Waals surface area (Å²) in [4.78, 5) is 13.9. The fourth-order valence-electron chi connectivity index (χ4n) is 3.78. The number of aryl methyl sites for hydroxylation is 1. The SMILES string of the molecule is C=CCn1c(SCC(=O)Nc2sc3c(c2C#N)CCCC3)nnc1-c1ccccc1OC. The molecule has 9 heteroatoms. The minimum absolute atomic E-state index is 0.161. The molecular weight excluding hydrogens is 442 g/mol. The number of carbonyl (C=O) groups excluding carboxylic acids is 1. The lowest BCUT2D eigenvalue weighted by molar-refractivity contribution is -0.113. The normalized spacial score (nSPS) is 12.6. The van der Waals surface area contributed by atoms with Gasteiger partial charge in [0.1, 0.15) is 16.8 Å². The van der Waals surface area contributed by atoms with E-state index in [1.54, 1.807) is 13.2 Å². The van der Waals surface area contributed by atoms with Crippen LogP contribution >= 0.6 is 23.1 Å². The highest BCUT2D eigenvalue weighted by Gasteiger charge is 2.22. The molecule has 0 saturated carbocycles. The molecule has 2 aromatic heterocycles. The largest absolute Gasteiger partial charge is 0.496 e. The first-order valence-corrected chi connectivity index (χ1v) is 12.1. The van der Waals surface area contributed by atoms with Crippen molar-refractivity contribution in [3.63, 3.8) is 0 Å². The molecule has 3 aromatic rings. The van der Waals surface area contributed by atoms with Crippen molar-refractivity contribution < 1.29 is 9.53 Å². The van der Waals surface area contributed by atoms with E-state index in [2.05, 4.69) is 28.2 Å². The number of aromatic nitrogens is 3. The van der Waals surface area contributed by atoms with E-state index in [1.165, 1.54) is 28.0 Å². The second-order valence-electron chi connectivity index (χ2n) is 7.27. The van der Waals surface area contributed by atoms with E-state index in [0.29, 0.717) is 33.8 Å². The zero-order valence-corrected chi connectivity index (χ0v) is 19.4. The highest BCUT2D eigenvalue weighted by Crippen LogP contribution is 2.38. The average molecular weight is 466 g/mol. The van der Waals surface area contributed by atoms with Gasteiger partial charge in [0, 0.05) is 11.4 Å². The summed E-state index contributed by atoms with van der Waals surface area (Å²) in [5, 5.41) is 22.4. The summed E-state index contributed by atoms with van der Waals surface area (Å²) in [5.74, 6) is 1.35. The average Bonchev–Trinajstić information content (AvgIpc) is 3.38. The number of thiophene rings is 1. The maximum absolute atomic E-state index is 12.7. The number of rotatable bonds is 8. The van der Waals surface area contributed by atoms with Gasteiger partial charge in [-0.3, -0.25) is 9.36 Å². The molecule has 0 saturated heterocycles. The molecule has 164 valence electrons. The van der Waals surface area contributed by atoms with Gasteiger partial charge in [-0.25, -0.2) is 0 Å². The van der Waals surface area contributed by atoms with E-state index in [1.807, 2.05) is 28.8 Å². The number of ether oxygens (including phenoxy) is 1. The Labute approximate surface area is 195 Å². The lowest BCUT2D eigenvalue weighted by atomic mass is 9.96. The number of hydrogen-bond donors (Lipinski definition) is 1. The number of nitriles is 1. The Morgan fingerprint density at radius 2 is 2.19 bits per heavy atom.